The Morgan fingerprint density at radius 1 is 1.11 bits per heavy atom. The van der Waals surface area contributed by atoms with Crippen molar-refractivity contribution in [3.8, 4) is 0 Å². The standard InChI is InChI=1S/C29H32FN3O2/c1-20-13-21(2)15-23(14-20)29(8-11-35-12-9-29)28(34)33-10-4-7-27(33)26-19-31-18-25(32-26)17-22-5-3-6-24(30)16-22/h3,5-6,13-16,18-19,27H,4,7-12,17H2,1-2H3/t27-/m1/s1. The number of hydrogen-bond donors (Lipinski definition) is 0. The van der Waals surface area contributed by atoms with Gasteiger partial charge in [-0.1, -0.05) is 41.5 Å². The van der Waals surface area contributed by atoms with Crippen LogP contribution in [-0.2, 0) is 21.4 Å². The van der Waals surface area contributed by atoms with E-state index in [1.54, 1.807) is 18.5 Å². The topological polar surface area (TPSA) is 55.3 Å². The predicted molar refractivity (Wildman–Crippen MR) is 133 cm³/mol. The summed E-state index contributed by atoms with van der Waals surface area (Å²) in [7, 11) is 0. The summed E-state index contributed by atoms with van der Waals surface area (Å²) in [6, 6.07) is 12.9. The van der Waals surface area contributed by atoms with Gasteiger partial charge in [0.15, 0.2) is 0 Å². The molecule has 1 aromatic heterocycles. The maximum absolute atomic E-state index is 14.3. The van der Waals surface area contributed by atoms with Gasteiger partial charge in [0.1, 0.15) is 5.82 Å². The molecule has 2 aliphatic rings. The SMILES string of the molecule is Cc1cc(C)cc(C2(C(=O)N3CCC[C@@H]3c3cncc(Cc4cccc(F)c4)n3)CCOCC2)c1. The number of aromatic nitrogens is 2. The number of carbonyl (C=O) groups excluding carboxylic acids is 1. The minimum absolute atomic E-state index is 0.104. The number of aryl methyl sites for hydroxylation is 2. The van der Waals surface area contributed by atoms with Crippen molar-refractivity contribution in [2.75, 3.05) is 19.8 Å². The second-order valence-corrected chi connectivity index (χ2v) is 9.97. The molecule has 1 atom stereocenters. The molecule has 0 spiro atoms. The smallest absolute Gasteiger partial charge is 0.233 e. The lowest BCUT2D eigenvalue weighted by Crippen LogP contribution is -2.49. The fourth-order valence-corrected chi connectivity index (χ4v) is 5.71. The van der Waals surface area contributed by atoms with Crippen molar-refractivity contribution in [2.24, 2.45) is 0 Å². The largest absolute Gasteiger partial charge is 0.381 e. The van der Waals surface area contributed by atoms with Gasteiger partial charge in [-0.25, -0.2) is 4.39 Å². The van der Waals surface area contributed by atoms with E-state index in [-0.39, 0.29) is 17.8 Å². The van der Waals surface area contributed by atoms with Crippen LogP contribution >= 0.6 is 0 Å². The number of likely N-dealkylation sites (tertiary alicyclic amines) is 1. The molecule has 3 heterocycles. The molecule has 0 unspecified atom stereocenters. The van der Waals surface area contributed by atoms with E-state index in [0.717, 1.165) is 35.4 Å². The summed E-state index contributed by atoms with van der Waals surface area (Å²) in [6.07, 6.45) is 7.17. The third-order valence-corrected chi connectivity index (χ3v) is 7.36. The fraction of sp³-hybridized carbons (Fsp3) is 0.414. The highest BCUT2D eigenvalue weighted by molar-refractivity contribution is 5.89. The number of rotatable bonds is 5. The summed E-state index contributed by atoms with van der Waals surface area (Å²) >= 11 is 0. The maximum atomic E-state index is 14.3. The van der Waals surface area contributed by atoms with Gasteiger partial charge in [0.2, 0.25) is 5.91 Å². The summed E-state index contributed by atoms with van der Waals surface area (Å²) in [4.78, 5) is 25.7. The zero-order valence-electron chi connectivity index (χ0n) is 20.5. The summed E-state index contributed by atoms with van der Waals surface area (Å²) in [6.45, 7) is 6.06. The molecule has 2 fully saturated rings. The highest BCUT2D eigenvalue weighted by atomic mass is 19.1. The van der Waals surface area contributed by atoms with Crippen LogP contribution in [0, 0.1) is 19.7 Å². The third-order valence-electron chi connectivity index (χ3n) is 7.36. The third kappa shape index (κ3) is 4.85. The first kappa shape index (κ1) is 23.6. The zero-order valence-corrected chi connectivity index (χ0v) is 20.5. The van der Waals surface area contributed by atoms with Gasteiger partial charge in [0, 0.05) is 32.4 Å². The summed E-state index contributed by atoms with van der Waals surface area (Å²) in [5, 5.41) is 0. The second-order valence-electron chi connectivity index (χ2n) is 9.97. The Balaban J connectivity index is 1.45. The highest BCUT2D eigenvalue weighted by Gasteiger charge is 2.47. The van der Waals surface area contributed by atoms with E-state index in [2.05, 4.69) is 37.0 Å². The van der Waals surface area contributed by atoms with Gasteiger partial charge in [-0.05, 0) is 62.8 Å². The van der Waals surface area contributed by atoms with E-state index >= 15 is 0 Å². The normalized spacial score (nSPS) is 19.6. The van der Waals surface area contributed by atoms with Crippen molar-refractivity contribution in [2.45, 2.75) is 57.4 Å². The Hall–Kier alpha value is -3.12. The summed E-state index contributed by atoms with van der Waals surface area (Å²) in [5.41, 5.74) is 5.31. The van der Waals surface area contributed by atoms with Gasteiger partial charge in [-0.15, -0.1) is 0 Å². The van der Waals surface area contributed by atoms with Gasteiger partial charge >= 0.3 is 0 Å². The van der Waals surface area contributed by atoms with Crippen molar-refractivity contribution in [3.05, 3.63) is 94.3 Å². The minimum atomic E-state index is -0.579. The van der Waals surface area contributed by atoms with Crippen LogP contribution in [0.25, 0.3) is 0 Å². The van der Waals surface area contributed by atoms with Crippen molar-refractivity contribution in [3.63, 3.8) is 0 Å². The van der Waals surface area contributed by atoms with Crippen LogP contribution in [0.5, 0.6) is 0 Å². The molecule has 0 saturated carbocycles. The number of carbonyl (C=O) groups is 1. The molecule has 2 aliphatic heterocycles. The van der Waals surface area contributed by atoms with Crippen molar-refractivity contribution >= 4 is 5.91 Å². The van der Waals surface area contributed by atoms with Crippen LogP contribution in [0.2, 0.25) is 0 Å². The average molecular weight is 474 g/mol. The first-order chi connectivity index (χ1) is 16.9. The van der Waals surface area contributed by atoms with Crippen LogP contribution in [0.1, 0.15) is 65.4 Å². The summed E-state index contributed by atoms with van der Waals surface area (Å²) < 4.78 is 19.3. The summed E-state index contributed by atoms with van der Waals surface area (Å²) in [5.74, 6) is -0.0852. The number of benzene rings is 2. The molecule has 35 heavy (non-hydrogen) atoms. The van der Waals surface area contributed by atoms with Gasteiger partial charge in [-0.2, -0.15) is 0 Å². The van der Waals surface area contributed by atoms with Crippen molar-refractivity contribution in [1.29, 1.82) is 0 Å². The van der Waals surface area contributed by atoms with Crippen LogP contribution in [0.15, 0.2) is 54.9 Å². The van der Waals surface area contributed by atoms with Gasteiger partial charge in [0.25, 0.3) is 0 Å². The molecule has 0 bridgehead atoms. The molecule has 6 heteroatoms. The molecule has 0 aliphatic carbocycles. The molecule has 5 nitrogen and oxygen atoms in total. The van der Waals surface area contributed by atoms with Crippen molar-refractivity contribution < 1.29 is 13.9 Å². The number of amides is 1. The van der Waals surface area contributed by atoms with Crippen LogP contribution in [0.4, 0.5) is 4.39 Å². The molecule has 182 valence electrons. The Morgan fingerprint density at radius 3 is 2.63 bits per heavy atom. The zero-order chi connectivity index (χ0) is 24.4. The lowest BCUT2D eigenvalue weighted by Gasteiger charge is -2.41. The molecule has 2 saturated heterocycles. The molecule has 1 amide bonds. The number of halogens is 1. The average Bonchev–Trinajstić information content (AvgIpc) is 3.34. The Bertz CT molecular complexity index is 1200. The van der Waals surface area contributed by atoms with Gasteiger partial charge < -0.3 is 9.64 Å². The number of hydrogen-bond acceptors (Lipinski definition) is 4. The Kier molecular flexibility index (Phi) is 6.65. The monoisotopic (exact) mass is 473 g/mol. The van der Waals surface area contributed by atoms with Gasteiger partial charge in [-0.3, -0.25) is 14.8 Å². The first-order valence-electron chi connectivity index (χ1n) is 12.5. The highest BCUT2D eigenvalue weighted by Crippen LogP contribution is 2.42. The lowest BCUT2D eigenvalue weighted by atomic mass is 9.72. The second kappa shape index (κ2) is 9.86. The van der Waals surface area contributed by atoms with E-state index in [9.17, 15) is 9.18 Å². The van der Waals surface area contributed by atoms with E-state index in [0.29, 0.717) is 39.0 Å². The molecular formula is C29H32FN3O2. The quantitative estimate of drug-likeness (QED) is 0.509. The van der Waals surface area contributed by atoms with E-state index in [1.807, 2.05) is 11.0 Å². The van der Waals surface area contributed by atoms with Crippen LogP contribution in [-0.4, -0.2) is 40.5 Å². The van der Waals surface area contributed by atoms with Crippen LogP contribution < -0.4 is 0 Å². The van der Waals surface area contributed by atoms with E-state index in [4.69, 9.17) is 9.72 Å². The molecular weight excluding hydrogens is 441 g/mol. The lowest BCUT2D eigenvalue weighted by molar-refractivity contribution is -0.142. The molecule has 0 radical (unpaired) electrons. The maximum Gasteiger partial charge on any atom is 0.233 e. The minimum Gasteiger partial charge on any atom is -0.381 e. The molecule has 3 aromatic rings. The van der Waals surface area contributed by atoms with Crippen LogP contribution in [0.3, 0.4) is 0 Å². The van der Waals surface area contributed by atoms with E-state index in [1.165, 1.54) is 23.3 Å². The number of ether oxygens (including phenoxy) is 1. The van der Waals surface area contributed by atoms with Crippen molar-refractivity contribution in [1.82, 2.24) is 14.9 Å². The number of nitrogens with zero attached hydrogens (tertiary/aromatic N) is 3. The van der Waals surface area contributed by atoms with E-state index < -0.39 is 5.41 Å². The van der Waals surface area contributed by atoms with Gasteiger partial charge in [0.05, 0.1) is 29.0 Å². The fourth-order valence-electron chi connectivity index (χ4n) is 5.71. The molecule has 2 aromatic carbocycles. The molecule has 0 N–H and O–H groups in total. The Morgan fingerprint density at radius 2 is 1.89 bits per heavy atom. The molecule has 5 rings (SSSR count). The first-order valence-corrected chi connectivity index (χ1v) is 12.5. The Labute approximate surface area is 206 Å². The predicted octanol–water partition coefficient (Wildman–Crippen LogP) is 5.24.